The highest BCUT2D eigenvalue weighted by atomic mass is 79.9. The largest absolute Gasteiger partial charge is 0.418 e. The number of carbonyl (C=O) groups excluding carboxylic acids is 1. The first-order valence-corrected chi connectivity index (χ1v) is 13.0. The molecule has 0 bridgehead atoms. The third-order valence-electron chi connectivity index (χ3n) is 5.44. The molecule has 3 aromatic rings. The second kappa shape index (κ2) is 10.5. The first-order valence-electron chi connectivity index (χ1n) is 10.8. The highest BCUT2D eigenvalue weighted by molar-refractivity contribution is 9.10. The Morgan fingerprint density at radius 2 is 1.67 bits per heavy atom. The molecule has 4 rings (SSSR count). The Balaban J connectivity index is 1.63. The molecule has 0 saturated carbocycles. The van der Waals surface area contributed by atoms with Gasteiger partial charge in [0, 0.05) is 28.9 Å². The Hall–Kier alpha value is -3.09. The van der Waals surface area contributed by atoms with Crippen molar-refractivity contribution in [2.45, 2.75) is 11.1 Å². The number of ether oxygens (including phenoxy) is 1. The number of rotatable bonds is 6. The summed E-state index contributed by atoms with van der Waals surface area (Å²) in [5, 5.41) is 2.46. The summed E-state index contributed by atoms with van der Waals surface area (Å²) in [6, 6.07) is 15.4. The van der Waals surface area contributed by atoms with Crippen molar-refractivity contribution in [3.05, 3.63) is 82.3 Å². The van der Waals surface area contributed by atoms with Crippen molar-refractivity contribution in [1.29, 1.82) is 0 Å². The van der Waals surface area contributed by atoms with Crippen LogP contribution in [0.1, 0.15) is 15.9 Å². The van der Waals surface area contributed by atoms with E-state index in [0.29, 0.717) is 30.8 Å². The molecule has 190 valence electrons. The van der Waals surface area contributed by atoms with E-state index < -0.39 is 27.7 Å². The maximum absolute atomic E-state index is 13.9. The molecule has 2 N–H and O–H groups in total. The van der Waals surface area contributed by atoms with Crippen LogP contribution in [0.5, 0.6) is 0 Å². The van der Waals surface area contributed by atoms with Crippen LogP contribution >= 0.6 is 15.9 Å². The highest BCUT2D eigenvalue weighted by Gasteiger charge is 2.36. The van der Waals surface area contributed by atoms with E-state index in [1.165, 1.54) is 36.4 Å². The van der Waals surface area contributed by atoms with Crippen molar-refractivity contribution in [3.8, 4) is 0 Å². The first-order chi connectivity index (χ1) is 17.0. The van der Waals surface area contributed by atoms with Crippen LogP contribution in [0.15, 0.2) is 76.1 Å². The van der Waals surface area contributed by atoms with E-state index in [0.717, 1.165) is 6.07 Å². The summed E-state index contributed by atoms with van der Waals surface area (Å²) in [7, 11) is -4.01. The van der Waals surface area contributed by atoms with Gasteiger partial charge >= 0.3 is 6.18 Å². The average Bonchev–Trinajstić information content (AvgIpc) is 2.85. The van der Waals surface area contributed by atoms with E-state index in [9.17, 15) is 26.4 Å². The summed E-state index contributed by atoms with van der Waals surface area (Å²) in [5.74, 6) is -0.783. The van der Waals surface area contributed by atoms with Crippen LogP contribution in [0, 0.1) is 0 Å². The Bertz CT molecular complexity index is 1360. The first kappa shape index (κ1) is 26.0. The molecule has 1 amide bonds. The number of amides is 1. The van der Waals surface area contributed by atoms with Gasteiger partial charge in [-0.3, -0.25) is 9.52 Å². The maximum Gasteiger partial charge on any atom is 0.418 e. The Morgan fingerprint density at radius 1 is 0.972 bits per heavy atom. The van der Waals surface area contributed by atoms with Crippen molar-refractivity contribution >= 4 is 48.9 Å². The van der Waals surface area contributed by atoms with Gasteiger partial charge in [-0.05, 0) is 48.5 Å². The van der Waals surface area contributed by atoms with Gasteiger partial charge in [-0.25, -0.2) is 8.42 Å². The SMILES string of the molecule is O=C(Nc1ccc(N2CCOCC2)c(C(F)(F)F)c1)c1cc(Br)ccc1NS(=O)(=O)c1ccccc1. The number of alkyl halides is 3. The minimum atomic E-state index is -4.65. The zero-order valence-electron chi connectivity index (χ0n) is 18.7. The number of hydrogen-bond acceptors (Lipinski definition) is 5. The van der Waals surface area contributed by atoms with Gasteiger partial charge in [0.2, 0.25) is 0 Å². The van der Waals surface area contributed by atoms with Crippen LogP contribution in [-0.2, 0) is 20.9 Å². The van der Waals surface area contributed by atoms with E-state index in [1.807, 2.05) is 0 Å². The molecule has 0 spiro atoms. The molecule has 1 aliphatic rings. The zero-order valence-corrected chi connectivity index (χ0v) is 21.1. The third-order valence-corrected chi connectivity index (χ3v) is 7.31. The van der Waals surface area contributed by atoms with Crippen molar-refractivity contribution in [2.24, 2.45) is 0 Å². The molecule has 0 atom stereocenters. The number of nitrogens with zero attached hydrogens (tertiary/aromatic N) is 1. The van der Waals surface area contributed by atoms with Gasteiger partial charge < -0.3 is 15.0 Å². The zero-order chi connectivity index (χ0) is 25.9. The van der Waals surface area contributed by atoms with Crippen molar-refractivity contribution in [1.82, 2.24) is 0 Å². The lowest BCUT2D eigenvalue weighted by atomic mass is 10.1. The van der Waals surface area contributed by atoms with E-state index >= 15 is 0 Å². The van der Waals surface area contributed by atoms with Gasteiger partial charge in [0.1, 0.15) is 0 Å². The second-order valence-electron chi connectivity index (χ2n) is 7.89. The number of carbonyl (C=O) groups is 1. The molecule has 0 aromatic heterocycles. The molecule has 1 saturated heterocycles. The number of hydrogen-bond donors (Lipinski definition) is 2. The molecule has 1 fully saturated rings. The van der Waals surface area contributed by atoms with Crippen molar-refractivity contribution < 1.29 is 31.1 Å². The molecule has 0 aliphatic carbocycles. The number of morpholine rings is 1. The highest BCUT2D eigenvalue weighted by Crippen LogP contribution is 2.39. The summed E-state index contributed by atoms with van der Waals surface area (Å²) in [6.45, 7) is 1.27. The predicted octanol–water partition coefficient (Wildman–Crippen LogP) is 5.36. The normalized spacial score (nSPS) is 14.4. The Labute approximate surface area is 214 Å². The smallest absolute Gasteiger partial charge is 0.378 e. The molecule has 0 unspecified atom stereocenters. The molecule has 12 heteroatoms. The molecule has 1 heterocycles. The van der Waals surface area contributed by atoms with Gasteiger partial charge in [-0.1, -0.05) is 34.1 Å². The number of nitrogens with one attached hydrogen (secondary N) is 2. The van der Waals surface area contributed by atoms with E-state index in [-0.39, 0.29) is 27.5 Å². The summed E-state index contributed by atoms with van der Waals surface area (Å²) in [4.78, 5) is 14.7. The van der Waals surface area contributed by atoms with Crippen LogP contribution in [0.2, 0.25) is 0 Å². The Kier molecular flexibility index (Phi) is 7.57. The van der Waals surface area contributed by atoms with Gasteiger partial charge in [0.25, 0.3) is 15.9 Å². The van der Waals surface area contributed by atoms with Gasteiger partial charge in [-0.15, -0.1) is 0 Å². The minimum absolute atomic E-state index is 0.00237. The lowest BCUT2D eigenvalue weighted by Crippen LogP contribution is -2.37. The fourth-order valence-electron chi connectivity index (χ4n) is 3.72. The van der Waals surface area contributed by atoms with E-state index in [4.69, 9.17) is 4.74 Å². The van der Waals surface area contributed by atoms with Crippen LogP contribution in [0.3, 0.4) is 0 Å². The van der Waals surface area contributed by atoms with E-state index in [2.05, 4.69) is 26.0 Å². The predicted molar refractivity (Wildman–Crippen MR) is 134 cm³/mol. The number of halogens is 4. The van der Waals surface area contributed by atoms with Crippen molar-refractivity contribution in [2.75, 3.05) is 41.2 Å². The van der Waals surface area contributed by atoms with Crippen LogP contribution in [0.4, 0.5) is 30.2 Å². The van der Waals surface area contributed by atoms with Gasteiger partial charge in [0.15, 0.2) is 0 Å². The topological polar surface area (TPSA) is 87.7 Å². The molecule has 3 aromatic carbocycles. The van der Waals surface area contributed by atoms with Crippen molar-refractivity contribution in [3.63, 3.8) is 0 Å². The summed E-state index contributed by atoms with van der Waals surface area (Å²) < 4.78 is 75.2. The molecule has 0 radical (unpaired) electrons. The maximum atomic E-state index is 13.9. The van der Waals surface area contributed by atoms with Crippen LogP contribution in [-0.4, -0.2) is 40.6 Å². The van der Waals surface area contributed by atoms with Crippen LogP contribution < -0.4 is 14.9 Å². The summed E-state index contributed by atoms with van der Waals surface area (Å²) in [5.41, 5.74) is -1.07. The molecule has 7 nitrogen and oxygen atoms in total. The molecular formula is C24H21BrF3N3O4S. The third kappa shape index (κ3) is 6.00. The molecule has 1 aliphatic heterocycles. The molecule has 36 heavy (non-hydrogen) atoms. The lowest BCUT2D eigenvalue weighted by Gasteiger charge is -2.31. The summed E-state index contributed by atoms with van der Waals surface area (Å²) >= 11 is 3.24. The fraction of sp³-hybridized carbons (Fsp3) is 0.208. The van der Waals surface area contributed by atoms with Gasteiger partial charge in [0.05, 0.1) is 34.9 Å². The molecular weight excluding hydrogens is 563 g/mol. The second-order valence-corrected chi connectivity index (χ2v) is 10.5. The van der Waals surface area contributed by atoms with Gasteiger partial charge in [-0.2, -0.15) is 13.2 Å². The number of anilines is 3. The monoisotopic (exact) mass is 583 g/mol. The Morgan fingerprint density at radius 3 is 2.33 bits per heavy atom. The number of benzene rings is 3. The average molecular weight is 584 g/mol. The van der Waals surface area contributed by atoms with E-state index in [1.54, 1.807) is 29.2 Å². The number of sulfonamides is 1. The quantitative estimate of drug-likeness (QED) is 0.408. The fourth-order valence-corrected chi connectivity index (χ4v) is 5.18. The standard InChI is InChI=1S/C24H21BrF3N3O4S/c25-16-6-8-21(30-36(33,34)18-4-2-1-3-5-18)19(14-16)23(32)29-17-7-9-22(20(15-17)24(26,27)28)31-10-12-35-13-11-31/h1-9,14-15,30H,10-13H2,(H,29,32). The summed E-state index contributed by atoms with van der Waals surface area (Å²) in [6.07, 6.45) is -4.65. The lowest BCUT2D eigenvalue weighted by molar-refractivity contribution is -0.137. The van der Waals surface area contributed by atoms with Crippen LogP contribution in [0.25, 0.3) is 0 Å². The minimum Gasteiger partial charge on any atom is -0.378 e.